The standard InChI is InChI=1S/C21H18BrF3N8O4S/c1-4-31-6-11(8(2)29-31)10-5-12(21(23,24)25)27-20-14(10)16(17(38-20)18(26)35)28-13(34)7-32-9(3)15(22)19(30-32)33(36)37/h5-6H,4,7H2,1-3H3,(H2,26,35)(H,28,34). The largest absolute Gasteiger partial charge is 0.433 e. The molecule has 38 heavy (non-hydrogen) atoms. The predicted molar refractivity (Wildman–Crippen MR) is 135 cm³/mol. The molecule has 0 saturated carbocycles. The Morgan fingerprint density at radius 3 is 2.47 bits per heavy atom. The number of fused-ring (bicyclic) bond motifs is 1. The topological polar surface area (TPSA) is 164 Å². The number of carbonyl (C=O) groups is 2. The molecule has 12 nitrogen and oxygen atoms in total. The van der Waals surface area contributed by atoms with Gasteiger partial charge in [-0.2, -0.15) is 23.0 Å². The van der Waals surface area contributed by atoms with E-state index in [2.05, 4.69) is 36.4 Å². The van der Waals surface area contributed by atoms with E-state index in [0.29, 0.717) is 29.1 Å². The number of halogens is 4. The van der Waals surface area contributed by atoms with E-state index >= 15 is 0 Å². The Morgan fingerprint density at radius 2 is 1.95 bits per heavy atom. The van der Waals surface area contributed by atoms with E-state index in [1.165, 1.54) is 11.6 Å². The highest BCUT2D eigenvalue weighted by Crippen LogP contribution is 2.44. The van der Waals surface area contributed by atoms with Gasteiger partial charge in [-0.05, 0) is 53.3 Å². The van der Waals surface area contributed by atoms with Crippen molar-refractivity contribution in [1.29, 1.82) is 0 Å². The van der Waals surface area contributed by atoms with Gasteiger partial charge in [-0.1, -0.05) is 0 Å². The quantitative estimate of drug-likeness (QED) is 0.230. The number of nitrogens with two attached hydrogens (primary N) is 1. The summed E-state index contributed by atoms with van der Waals surface area (Å²) < 4.78 is 43.9. The van der Waals surface area contributed by atoms with Crippen LogP contribution in [-0.4, -0.2) is 41.3 Å². The molecule has 0 radical (unpaired) electrons. The Balaban J connectivity index is 1.89. The van der Waals surface area contributed by atoms with Crippen molar-refractivity contribution in [3.8, 4) is 11.1 Å². The summed E-state index contributed by atoms with van der Waals surface area (Å²) in [6.45, 7) is 4.88. The normalized spacial score (nSPS) is 11.8. The van der Waals surface area contributed by atoms with Gasteiger partial charge in [0.15, 0.2) is 0 Å². The van der Waals surface area contributed by atoms with Gasteiger partial charge in [0.2, 0.25) is 5.91 Å². The number of amides is 2. The summed E-state index contributed by atoms with van der Waals surface area (Å²) in [4.78, 5) is 39.0. The molecule has 4 aromatic rings. The summed E-state index contributed by atoms with van der Waals surface area (Å²) in [7, 11) is 0. The lowest BCUT2D eigenvalue weighted by Gasteiger charge is -2.12. The van der Waals surface area contributed by atoms with Gasteiger partial charge in [0.25, 0.3) is 5.91 Å². The van der Waals surface area contributed by atoms with Crippen molar-refractivity contribution >= 4 is 60.8 Å². The van der Waals surface area contributed by atoms with Crippen molar-refractivity contribution < 1.29 is 27.7 Å². The van der Waals surface area contributed by atoms with E-state index in [4.69, 9.17) is 5.73 Å². The van der Waals surface area contributed by atoms with Gasteiger partial charge in [0, 0.05) is 23.7 Å². The molecule has 4 rings (SSSR count). The lowest BCUT2D eigenvalue weighted by atomic mass is 10.0. The van der Waals surface area contributed by atoms with Gasteiger partial charge in [0.05, 0.1) is 22.2 Å². The van der Waals surface area contributed by atoms with E-state index in [0.717, 1.165) is 10.7 Å². The third-order valence-electron chi connectivity index (χ3n) is 5.58. The fourth-order valence-corrected chi connectivity index (χ4v) is 5.22. The first-order valence-electron chi connectivity index (χ1n) is 10.8. The molecule has 0 bridgehead atoms. The second-order valence-electron chi connectivity index (χ2n) is 8.07. The molecule has 200 valence electrons. The maximum Gasteiger partial charge on any atom is 0.433 e. The summed E-state index contributed by atoms with van der Waals surface area (Å²) in [5.41, 5.74) is 5.29. The summed E-state index contributed by atoms with van der Waals surface area (Å²) in [5.74, 6) is -2.24. The molecular weight excluding hydrogens is 597 g/mol. The minimum absolute atomic E-state index is 0.0484. The molecule has 4 aromatic heterocycles. The molecule has 0 aromatic carbocycles. The molecule has 0 unspecified atom stereocenters. The second kappa shape index (κ2) is 9.79. The minimum atomic E-state index is -4.79. The lowest BCUT2D eigenvalue weighted by molar-refractivity contribution is -0.390. The lowest BCUT2D eigenvalue weighted by Crippen LogP contribution is -2.22. The maximum atomic E-state index is 13.7. The monoisotopic (exact) mass is 614 g/mol. The fourth-order valence-electron chi connectivity index (χ4n) is 3.79. The molecule has 0 aliphatic heterocycles. The Kier molecular flexibility index (Phi) is 7.00. The second-order valence-corrected chi connectivity index (χ2v) is 9.87. The minimum Gasteiger partial charge on any atom is -0.365 e. The molecule has 0 aliphatic carbocycles. The molecule has 17 heteroatoms. The van der Waals surface area contributed by atoms with E-state index < -0.39 is 41.0 Å². The summed E-state index contributed by atoms with van der Waals surface area (Å²) in [6, 6.07) is 0.831. The molecule has 3 N–H and O–H groups in total. The van der Waals surface area contributed by atoms with Gasteiger partial charge < -0.3 is 21.2 Å². The number of nitrogens with zero attached hydrogens (tertiary/aromatic N) is 6. The highest BCUT2D eigenvalue weighted by Gasteiger charge is 2.35. The molecule has 4 heterocycles. The fraction of sp³-hybridized carbons (Fsp3) is 0.286. The number of carbonyl (C=O) groups excluding carboxylic acids is 2. The molecule has 0 atom stereocenters. The number of rotatable bonds is 7. The Morgan fingerprint density at radius 1 is 1.26 bits per heavy atom. The molecule has 2 amide bonds. The van der Waals surface area contributed by atoms with Crippen molar-refractivity contribution in [2.24, 2.45) is 5.73 Å². The molecule has 0 saturated heterocycles. The van der Waals surface area contributed by atoms with Gasteiger partial charge in [-0.25, -0.2) is 4.98 Å². The molecule has 0 fully saturated rings. The molecular formula is C21H18BrF3N8O4S. The first-order chi connectivity index (χ1) is 17.7. The number of anilines is 1. The van der Waals surface area contributed by atoms with Crippen molar-refractivity contribution in [1.82, 2.24) is 24.5 Å². The number of primary amides is 1. The predicted octanol–water partition coefficient (Wildman–Crippen LogP) is 4.42. The van der Waals surface area contributed by atoms with Crippen molar-refractivity contribution in [2.45, 2.75) is 40.0 Å². The number of nitrogens with one attached hydrogen (secondary N) is 1. The number of hydrogen-bond donors (Lipinski definition) is 2. The van der Waals surface area contributed by atoms with Crippen LogP contribution >= 0.6 is 27.3 Å². The smallest absolute Gasteiger partial charge is 0.365 e. The first kappa shape index (κ1) is 27.2. The third-order valence-corrected chi connectivity index (χ3v) is 7.61. The zero-order chi connectivity index (χ0) is 28.1. The van der Waals surface area contributed by atoms with Crippen LogP contribution in [0.15, 0.2) is 16.7 Å². The number of alkyl halides is 3. The highest BCUT2D eigenvalue weighted by molar-refractivity contribution is 9.10. The van der Waals surface area contributed by atoms with Crippen molar-refractivity contribution in [3.05, 3.63) is 48.8 Å². The van der Waals surface area contributed by atoms with Crippen LogP contribution in [0.2, 0.25) is 0 Å². The van der Waals surface area contributed by atoms with Gasteiger partial charge >= 0.3 is 12.0 Å². The number of aryl methyl sites for hydroxylation is 2. The third kappa shape index (κ3) is 4.85. The van der Waals surface area contributed by atoms with Gasteiger partial charge in [0.1, 0.15) is 26.4 Å². The Hall–Kier alpha value is -3.86. The zero-order valence-corrected chi connectivity index (χ0v) is 22.3. The van der Waals surface area contributed by atoms with Crippen LogP contribution in [0.3, 0.4) is 0 Å². The van der Waals surface area contributed by atoms with E-state index in [9.17, 15) is 32.9 Å². The highest BCUT2D eigenvalue weighted by atomic mass is 79.9. The van der Waals surface area contributed by atoms with Crippen molar-refractivity contribution in [2.75, 3.05) is 5.32 Å². The van der Waals surface area contributed by atoms with Crippen LogP contribution in [0.5, 0.6) is 0 Å². The van der Waals surface area contributed by atoms with Crippen LogP contribution in [0, 0.1) is 24.0 Å². The van der Waals surface area contributed by atoms with Gasteiger partial charge in [-0.15, -0.1) is 11.3 Å². The molecule has 0 aliphatic rings. The SMILES string of the molecule is CCn1cc(-c2cc(C(F)(F)F)nc3sc(C(N)=O)c(NC(=O)Cn4nc([N+](=O)[O-])c(Br)c4C)c23)c(C)n1. The van der Waals surface area contributed by atoms with Crippen LogP contribution in [-0.2, 0) is 24.1 Å². The average molecular weight is 615 g/mol. The van der Waals surface area contributed by atoms with Crippen molar-refractivity contribution in [3.63, 3.8) is 0 Å². The summed E-state index contributed by atoms with van der Waals surface area (Å²) in [5, 5.41) is 21.9. The first-order valence-corrected chi connectivity index (χ1v) is 12.4. The van der Waals surface area contributed by atoms with Crippen LogP contribution in [0.4, 0.5) is 24.7 Å². The number of pyridine rings is 1. The molecule has 0 spiro atoms. The van der Waals surface area contributed by atoms with Crippen LogP contribution in [0.25, 0.3) is 21.3 Å². The number of aromatic nitrogens is 5. The average Bonchev–Trinajstić information content (AvgIpc) is 3.47. The Bertz CT molecular complexity index is 1620. The Labute approximate surface area is 223 Å². The number of thiophene rings is 1. The van der Waals surface area contributed by atoms with E-state index in [1.54, 1.807) is 20.0 Å². The number of nitro groups is 1. The zero-order valence-electron chi connectivity index (χ0n) is 19.9. The summed E-state index contributed by atoms with van der Waals surface area (Å²) in [6.07, 6.45) is -3.24. The summed E-state index contributed by atoms with van der Waals surface area (Å²) >= 11 is 3.67. The number of hydrogen-bond acceptors (Lipinski definition) is 8. The maximum absolute atomic E-state index is 13.7. The van der Waals surface area contributed by atoms with E-state index in [1.807, 2.05) is 0 Å². The van der Waals surface area contributed by atoms with E-state index in [-0.39, 0.29) is 36.5 Å². The van der Waals surface area contributed by atoms with Crippen LogP contribution in [0.1, 0.15) is 33.7 Å². The van der Waals surface area contributed by atoms with Crippen LogP contribution < -0.4 is 11.1 Å². The van der Waals surface area contributed by atoms with Gasteiger partial charge in [-0.3, -0.25) is 14.3 Å².